The van der Waals surface area contributed by atoms with Crippen LogP contribution in [0.25, 0.3) is 44.7 Å². The third-order valence-corrected chi connectivity index (χ3v) is 5.06. The second-order valence-corrected chi connectivity index (χ2v) is 7.16. The summed E-state index contributed by atoms with van der Waals surface area (Å²) in [6.07, 6.45) is 6.96. The largest absolute Gasteiger partial charge is 0.264 e. The standard InChI is InChI=1S/C24H14ClFN4/c25-17-6-7-21(26)20(11-17)23-12-19(18-4-2-10-28-24(18)30-23)15-5-8-22(29-14-15)16-3-1-9-27-13-16/h1-14H. The minimum atomic E-state index is -0.391. The third kappa shape index (κ3) is 3.40. The van der Waals surface area contributed by atoms with Crippen molar-refractivity contribution >= 4 is 22.6 Å². The first kappa shape index (κ1) is 18.3. The molecule has 0 spiro atoms. The fourth-order valence-electron chi connectivity index (χ4n) is 3.37. The van der Waals surface area contributed by atoms with Gasteiger partial charge in [-0.2, -0.15) is 0 Å². The Labute approximate surface area is 177 Å². The second kappa shape index (κ2) is 7.61. The summed E-state index contributed by atoms with van der Waals surface area (Å²) >= 11 is 6.09. The molecule has 0 aliphatic heterocycles. The van der Waals surface area contributed by atoms with Crippen LogP contribution in [0.15, 0.2) is 85.5 Å². The zero-order valence-electron chi connectivity index (χ0n) is 15.6. The lowest BCUT2D eigenvalue weighted by atomic mass is 10.00. The van der Waals surface area contributed by atoms with Crippen molar-refractivity contribution in [2.75, 3.05) is 0 Å². The van der Waals surface area contributed by atoms with Gasteiger partial charge in [0.2, 0.25) is 0 Å². The van der Waals surface area contributed by atoms with Gasteiger partial charge in [0.05, 0.1) is 11.4 Å². The highest BCUT2D eigenvalue weighted by Crippen LogP contribution is 2.33. The van der Waals surface area contributed by atoms with Crippen LogP contribution in [0.2, 0.25) is 5.02 Å². The van der Waals surface area contributed by atoms with Gasteiger partial charge in [-0.3, -0.25) is 9.97 Å². The molecule has 144 valence electrons. The van der Waals surface area contributed by atoms with Crippen molar-refractivity contribution in [2.24, 2.45) is 0 Å². The zero-order valence-corrected chi connectivity index (χ0v) is 16.4. The Hall–Kier alpha value is -3.70. The van der Waals surface area contributed by atoms with Gasteiger partial charge in [-0.15, -0.1) is 0 Å². The number of rotatable bonds is 3. The number of nitrogens with zero attached hydrogens (tertiary/aromatic N) is 4. The van der Waals surface area contributed by atoms with Gasteiger partial charge in [-0.05, 0) is 60.2 Å². The van der Waals surface area contributed by atoms with Crippen molar-refractivity contribution in [2.45, 2.75) is 0 Å². The van der Waals surface area contributed by atoms with Crippen LogP contribution in [0.3, 0.4) is 0 Å². The summed E-state index contributed by atoms with van der Waals surface area (Å²) in [5, 5.41) is 1.30. The molecule has 4 aromatic heterocycles. The lowest BCUT2D eigenvalue weighted by Gasteiger charge is -2.11. The van der Waals surface area contributed by atoms with E-state index in [9.17, 15) is 4.39 Å². The predicted molar refractivity (Wildman–Crippen MR) is 116 cm³/mol. The average Bonchev–Trinajstić information content (AvgIpc) is 2.80. The molecule has 0 saturated carbocycles. The summed E-state index contributed by atoms with van der Waals surface area (Å²) in [4.78, 5) is 17.7. The van der Waals surface area contributed by atoms with Gasteiger partial charge in [0.15, 0.2) is 5.65 Å². The van der Waals surface area contributed by atoms with E-state index in [1.54, 1.807) is 30.9 Å². The van der Waals surface area contributed by atoms with Crippen LogP contribution in [0.1, 0.15) is 0 Å². The highest BCUT2D eigenvalue weighted by molar-refractivity contribution is 6.30. The molecule has 0 saturated heterocycles. The van der Waals surface area contributed by atoms with Crippen LogP contribution in [-0.4, -0.2) is 19.9 Å². The van der Waals surface area contributed by atoms with Crippen LogP contribution in [-0.2, 0) is 0 Å². The summed E-state index contributed by atoms with van der Waals surface area (Å²) in [5.74, 6) is -0.391. The highest BCUT2D eigenvalue weighted by Gasteiger charge is 2.14. The Kier molecular flexibility index (Phi) is 4.65. The van der Waals surface area contributed by atoms with Gasteiger partial charge >= 0.3 is 0 Å². The monoisotopic (exact) mass is 412 g/mol. The van der Waals surface area contributed by atoms with Gasteiger partial charge < -0.3 is 0 Å². The van der Waals surface area contributed by atoms with Gasteiger partial charge in [-0.25, -0.2) is 14.4 Å². The molecule has 5 aromatic rings. The van der Waals surface area contributed by atoms with Crippen molar-refractivity contribution in [3.8, 4) is 33.6 Å². The topological polar surface area (TPSA) is 51.6 Å². The molecule has 0 radical (unpaired) electrons. The molecular weight excluding hydrogens is 399 g/mol. The quantitative estimate of drug-likeness (QED) is 0.353. The fourth-order valence-corrected chi connectivity index (χ4v) is 3.54. The Balaban J connectivity index is 1.68. The van der Waals surface area contributed by atoms with E-state index >= 15 is 0 Å². The predicted octanol–water partition coefficient (Wildman–Crippen LogP) is 6.21. The normalized spacial score (nSPS) is 11.0. The first-order valence-electron chi connectivity index (χ1n) is 9.27. The molecule has 6 heteroatoms. The number of fused-ring (bicyclic) bond motifs is 1. The van der Waals surface area contributed by atoms with Crippen LogP contribution < -0.4 is 0 Å². The van der Waals surface area contributed by atoms with Gasteiger partial charge in [-0.1, -0.05) is 17.7 Å². The zero-order chi connectivity index (χ0) is 20.5. The first-order valence-corrected chi connectivity index (χ1v) is 9.65. The summed E-state index contributed by atoms with van der Waals surface area (Å²) in [5.41, 5.74) is 4.83. The Bertz CT molecular complexity index is 1360. The smallest absolute Gasteiger partial charge is 0.160 e. The summed E-state index contributed by atoms with van der Waals surface area (Å²) in [7, 11) is 0. The molecule has 0 bridgehead atoms. The molecule has 30 heavy (non-hydrogen) atoms. The number of aromatic nitrogens is 4. The van der Waals surface area contributed by atoms with E-state index in [0.717, 1.165) is 27.8 Å². The number of pyridine rings is 4. The van der Waals surface area contributed by atoms with E-state index in [2.05, 4.69) is 19.9 Å². The lowest BCUT2D eigenvalue weighted by molar-refractivity contribution is 0.631. The van der Waals surface area contributed by atoms with Crippen molar-refractivity contribution in [1.82, 2.24) is 19.9 Å². The van der Waals surface area contributed by atoms with E-state index in [1.165, 1.54) is 12.1 Å². The minimum absolute atomic E-state index is 0.330. The minimum Gasteiger partial charge on any atom is -0.264 e. The SMILES string of the molecule is Fc1ccc(Cl)cc1-c1cc(-c2ccc(-c3cccnc3)nc2)c2cccnc2n1. The van der Waals surface area contributed by atoms with Crippen molar-refractivity contribution in [3.63, 3.8) is 0 Å². The molecular formula is C24H14ClFN4. The molecule has 0 fully saturated rings. The average molecular weight is 413 g/mol. The molecule has 0 aliphatic carbocycles. The Morgan fingerprint density at radius 2 is 1.63 bits per heavy atom. The van der Waals surface area contributed by atoms with Crippen molar-refractivity contribution in [1.29, 1.82) is 0 Å². The van der Waals surface area contributed by atoms with Crippen LogP contribution >= 0.6 is 11.6 Å². The first-order chi connectivity index (χ1) is 14.7. The summed E-state index contributed by atoms with van der Waals surface area (Å²) < 4.78 is 14.5. The molecule has 0 amide bonds. The molecule has 0 unspecified atom stereocenters. The van der Waals surface area contributed by atoms with Gasteiger partial charge in [0.1, 0.15) is 5.82 Å². The molecule has 0 atom stereocenters. The third-order valence-electron chi connectivity index (χ3n) is 4.82. The van der Waals surface area contributed by atoms with Crippen molar-refractivity contribution < 1.29 is 4.39 Å². The van der Waals surface area contributed by atoms with Crippen LogP contribution in [0.5, 0.6) is 0 Å². The maximum atomic E-state index is 14.5. The van der Waals surface area contributed by atoms with E-state index in [-0.39, 0.29) is 0 Å². The maximum absolute atomic E-state index is 14.5. The number of hydrogen-bond donors (Lipinski definition) is 0. The summed E-state index contributed by atoms with van der Waals surface area (Å²) in [6, 6.07) is 17.8. The van der Waals surface area contributed by atoms with Gasteiger partial charge in [0.25, 0.3) is 0 Å². The van der Waals surface area contributed by atoms with Gasteiger partial charge in [0, 0.05) is 51.9 Å². The number of benzene rings is 1. The van der Waals surface area contributed by atoms with E-state index < -0.39 is 5.82 Å². The molecule has 5 rings (SSSR count). The van der Waals surface area contributed by atoms with E-state index in [1.807, 2.05) is 42.5 Å². The second-order valence-electron chi connectivity index (χ2n) is 6.73. The van der Waals surface area contributed by atoms with E-state index in [4.69, 9.17) is 11.6 Å². The molecule has 4 heterocycles. The van der Waals surface area contributed by atoms with E-state index in [0.29, 0.717) is 21.9 Å². The molecule has 4 nitrogen and oxygen atoms in total. The van der Waals surface area contributed by atoms with Crippen LogP contribution in [0, 0.1) is 5.82 Å². The lowest BCUT2D eigenvalue weighted by Crippen LogP contribution is -1.94. The Morgan fingerprint density at radius 1 is 0.733 bits per heavy atom. The highest BCUT2D eigenvalue weighted by atomic mass is 35.5. The molecule has 1 aromatic carbocycles. The van der Waals surface area contributed by atoms with Crippen LogP contribution in [0.4, 0.5) is 4.39 Å². The fraction of sp³-hybridized carbons (Fsp3) is 0. The molecule has 0 aliphatic rings. The number of hydrogen-bond acceptors (Lipinski definition) is 4. The maximum Gasteiger partial charge on any atom is 0.160 e. The number of halogens is 2. The Morgan fingerprint density at radius 3 is 2.43 bits per heavy atom. The van der Waals surface area contributed by atoms with Crippen molar-refractivity contribution in [3.05, 3.63) is 96.3 Å². The molecule has 0 N–H and O–H groups in total. The summed E-state index contributed by atoms with van der Waals surface area (Å²) in [6.45, 7) is 0.